The Morgan fingerprint density at radius 1 is 1.21 bits per heavy atom. The summed E-state index contributed by atoms with van der Waals surface area (Å²) in [4.78, 5) is 0. The summed E-state index contributed by atoms with van der Waals surface area (Å²) in [5.41, 5.74) is 0. The Hall–Kier alpha value is -0.0800. The normalized spacial score (nSPS) is 22.5. The van der Waals surface area contributed by atoms with E-state index in [0.717, 1.165) is 13.2 Å². The van der Waals surface area contributed by atoms with Crippen molar-refractivity contribution in [3.63, 3.8) is 0 Å². The number of hydrogen-bond donors (Lipinski definition) is 1. The number of nitrogens with one attached hydrogen (secondary N) is 1. The highest BCUT2D eigenvalue weighted by Gasteiger charge is 2.12. The Bertz CT molecular complexity index is 121. The van der Waals surface area contributed by atoms with Crippen LogP contribution in [0.2, 0.25) is 0 Å². The summed E-state index contributed by atoms with van der Waals surface area (Å²) in [6.45, 7) is 5.46. The zero-order chi connectivity index (χ0) is 10.1. The lowest BCUT2D eigenvalue weighted by molar-refractivity contribution is 0.0347. The van der Waals surface area contributed by atoms with Gasteiger partial charge in [-0.3, -0.25) is 0 Å². The van der Waals surface area contributed by atoms with Crippen molar-refractivity contribution in [1.82, 2.24) is 5.32 Å². The van der Waals surface area contributed by atoms with Crippen molar-refractivity contribution in [2.45, 2.75) is 58.0 Å². The third-order valence-electron chi connectivity index (χ3n) is 2.85. The van der Waals surface area contributed by atoms with Gasteiger partial charge in [0.25, 0.3) is 0 Å². The molecule has 1 fully saturated rings. The molecule has 0 spiro atoms. The summed E-state index contributed by atoms with van der Waals surface area (Å²) in [7, 11) is 0. The summed E-state index contributed by atoms with van der Waals surface area (Å²) in [6.07, 6.45) is 9.70. The third kappa shape index (κ3) is 5.61. The van der Waals surface area contributed by atoms with Crippen LogP contribution in [0.25, 0.3) is 0 Å². The molecule has 1 saturated heterocycles. The molecular weight excluding hydrogens is 174 g/mol. The summed E-state index contributed by atoms with van der Waals surface area (Å²) in [5.74, 6) is 0. The summed E-state index contributed by atoms with van der Waals surface area (Å²) in [6, 6.07) is 0. The van der Waals surface area contributed by atoms with Crippen LogP contribution in [0.3, 0.4) is 0 Å². The van der Waals surface area contributed by atoms with Gasteiger partial charge in [-0.15, -0.1) is 0 Å². The Balaban J connectivity index is 1.82. The Morgan fingerprint density at radius 2 is 2.07 bits per heavy atom. The zero-order valence-corrected chi connectivity index (χ0v) is 9.56. The Morgan fingerprint density at radius 3 is 2.79 bits per heavy atom. The highest BCUT2D eigenvalue weighted by molar-refractivity contribution is 4.68. The van der Waals surface area contributed by atoms with Gasteiger partial charge in [-0.1, -0.05) is 32.6 Å². The maximum atomic E-state index is 5.80. The van der Waals surface area contributed by atoms with E-state index < -0.39 is 0 Å². The van der Waals surface area contributed by atoms with Gasteiger partial charge in [-0.25, -0.2) is 0 Å². The molecule has 0 aromatic carbocycles. The highest BCUT2D eigenvalue weighted by Crippen LogP contribution is 2.08. The first-order chi connectivity index (χ1) is 6.93. The van der Waals surface area contributed by atoms with Crippen LogP contribution in [-0.2, 0) is 4.74 Å². The predicted octanol–water partition coefficient (Wildman–Crippen LogP) is 2.73. The first-order valence-corrected chi connectivity index (χ1v) is 6.26. The molecule has 1 atom stereocenters. The van der Waals surface area contributed by atoms with E-state index in [1.165, 1.54) is 51.5 Å². The van der Waals surface area contributed by atoms with Crippen molar-refractivity contribution in [2.75, 3.05) is 19.7 Å². The lowest BCUT2D eigenvalue weighted by atomic mass is 10.1. The van der Waals surface area contributed by atoms with E-state index in [2.05, 4.69) is 12.2 Å². The molecular formula is C12H25NO. The Labute approximate surface area is 88.4 Å². The lowest BCUT2D eigenvalue weighted by Gasteiger charge is -2.22. The second kappa shape index (κ2) is 8.25. The molecule has 2 nitrogen and oxygen atoms in total. The third-order valence-corrected chi connectivity index (χ3v) is 2.85. The molecule has 14 heavy (non-hydrogen) atoms. The minimum atomic E-state index is 0.495. The standard InChI is InChI=1S/C12H25NO/c1-2-3-4-5-6-10-14-12-8-7-9-13-11-12/h12-13H,2-11H2,1H3. The molecule has 1 rings (SSSR count). The van der Waals surface area contributed by atoms with E-state index in [-0.39, 0.29) is 0 Å². The molecule has 1 N–H and O–H groups in total. The van der Waals surface area contributed by atoms with Gasteiger partial charge in [0.2, 0.25) is 0 Å². The maximum Gasteiger partial charge on any atom is 0.0699 e. The molecule has 0 aliphatic carbocycles. The van der Waals surface area contributed by atoms with E-state index in [1.54, 1.807) is 0 Å². The van der Waals surface area contributed by atoms with Crippen molar-refractivity contribution in [3.05, 3.63) is 0 Å². The highest BCUT2D eigenvalue weighted by atomic mass is 16.5. The lowest BCUT2D eigenvalue weighted by Crippen LogP contribution is -2.35. The van der Waals surface area contributed by atoms with E-state index in [1.807, 2.05) is 0 Å². The number of hydrogen-bond acceptors (Lipinski definition) is 2. The molecule has 84 valence electrons. The second-order valence-corrected chi connectivity index (χ2v) is 4.25. The van der Waals surface area contributed by atoms with Gasteiger partial charge in [0.1, 0.15) is 0 Å². The number of piperidine rings is 1. The van der Waals surface area contributed by atoms with Gasteiger partial charge in [-0.2, -0.15) is 0 Å². The molecule has 1 aliphatic heterocycles. The van der Waals surface area contributed by atoms with Crippen molar-refractivity contribution >= 4 is 0 Å². The number of unbranched alkanes of at least 4 members (excludes halogenated alkanes) is 4. The van der Waals surface area contributed by atoms with E-state index in [4.69, 9.17) is 4.74 Å². The molecule has 1 heterocycles. The van der Waals surface area contributed by atoms with Crippen LogP contribution in [0.1, 0.15) is 51.9 Å². The molecule has 0 radical (unpaired) electrons. The van der Waals surface area contributed by atoms with Gasteiger partial charge >= 0.3 is 0 Å². The van der Waals surface area contributed by atoms with Crippen molar-refractivity contribution in [1.29, 1.82) is 0 Å². The van der Waals surface area contributed by atoms with Crippen LogP contribution in [-0.4, -0.2) is 25.8 Å². The van der Waals surface area contributed by atoms with Gasteiger partial charge in [0, 0.05) is 13.2 Å². The van der Waals surface area contributed by atoms with Crippen LogP contribution < -0.4 is 5.32 Å². The average molecular weight is 199 g/mol. The largest absolute Gasteiger partial charge is 0.377 e. The number of ether oxygens (including phenoxy) is 1. The minimum absolute atomic E-state index is 0.495. The molecule has 1 aliphatic rings. The quantitative estimate of drug-likeness (QED) is 0.637. The second-order valence-electron chi connectivity index (χ2n) is 4.25. The fourth-order valence-corrected chi connectivity index (χ4v) is 1.92. The van der Waals surface area contributed by atoms with Crippen LogP contribution in [0.4, 0.5) is 0 Å². The topological polar surface area (TPSA) is 21.3 Å². The first-order valence-electron chi connectivity index (χ1n) is 6.26. The number of rotatable bonds is 7. The summed E-state index contributed by atoms with van der Waals surface area (Å²) >= 11 is 0. The van der Waals surface area contributed by atoms with Crippen LogP contribution >= 0.6 is 0 Å². The van der Waals surface area contributed by atoms with Crippen LogP contribution in [0.15, 0.2) is 0 Å². The summed E-state index contributed by atoms with van der Waals surface area (Å²) in [5, 5.41) is 3.37. The molecule has 0 aromatic heterocycles. The predicted molar refractivity (Wildman–Crippen MR) is 60.6 cm³/mol. The van der Waals surface area contributed by atoms with Gasteiger partial charge in [0.15, 0.2) is 0 Å². The molecule has 0 amide bonds. The Kier molecular flexibility index (Phi) is 7.06. The molecule has 1 unspecified atom stereocenters. The smallest absolute Gasteiger partial charge is 0.0699 e. The van der Waals surface area contributed by atoms with Gasteiger partial charge in [0.05, 0.1) is 6.10 Å². The van der Waals surface area contributed by atoms with Gasteiger partial charge < -0.3 is 10.1 Å². The fraction of sp³-hybridized carbons (Fsp3) is 1.00. The van der Waals surface area contributed by atoms with E-state index in [9.17, 15) is 0 Å². The first kappa shape index (κ1) is 12.0. The molecule has 2 heteroatoms. The fourth-order valence-electron chi connectivity index (χ4n) is 1.92. The van der Waals surface area contributed by atoms with Crippen molar-refractivity contribution in [3.8, 4) is 0 Å². The monoisotopic (exact) mass is 199 g/mol. The average Bonchev–Trinajstić information content (AvgIpc) is 2.25. The van der Waals surface area contributed by atoms with Crippen molar-refractivity contribution < 1.29 is 4.74 Å². The maximum absolute atomic E-state index is 5.80. The van der Waals surface area contributed by atoms with Crippen LogP contribution in [0.5, 0.6) is 0 Å². The van der Waals surface area contributed by atoms with E-state index in [0.29, 0.717) is 6.10 Å². The SMILES string of the molecule is CCCCCCCOC1CCCNC1. The van der Waals surface area contributed by atoms with E-state index >= 15 is 0 Å². The van der Waals surface area contributed by atoms with Crippen LogP contribution in [0, 0.1) is 0 Å². The summed E-state index contributed by atoms with van der Waals surface area (Å²) < 4.78 is 5.80. The zero-order valence-electron chi connectivity index (χ0n) is 9.56. The minimum Gasteiger partial charge on any atom is -0.377 e. The molecule has 0 aromatic rings. The molecule has 0 bridgehead atoms. The van der Waals surface area contributed by atoms with Crippen molar-refractivity contribution in [2.24, 2.45) is 0 Å². The molecule has 0 saturated carbocycles. The van der Waals surface area contributed by atoms with Gasteiger partial charge in [-0.05, 0) is 25.8 Å².